The first-order valence-electron chi connectivity index (χ1n) is 6.26. The summed E-state index contributed by atoms with van der Waals surface area (Å²) < 4.78 is 18.9. The summed E-state index contributed by atoms with van der Waals surface area (Å²) in [6.45, 7) is 5.31. The molecule has 104 valence electrons. The van der Waals surface area contributed by atoms with E-state index in [1.807, 2.05) is 0 Å². The van der Waals surface area contributed by atoms with Gasteiger partial charge >= 0.3 is 5.97 Å². The van der Waals surface area contributed by atoms with E-state index in [1.54, 1.807) is 12.1 Å². The van der Waals surface area contributed by atoms with Crippen LogP contribution in [0.15, 0.2) is 24.3 Å². The van der Waals surface area contributed by atoms with E-state index in [0.29, 0.717) is 19.1 Å². The molecule has 0 heterocycles. The van der Waals surface area contributed by atoms with Gasteiger partial charge in [-0.25, -0.2) is 9.18 Å². The molecule has 0 aliphatic rings. The number of halogens is 1. The van der Waals surface area contributed by atoms with Gasteiger partial charge in [-0.2, -0.15) is 0 Å². The molecule has 0 bridgehead atoms. The van der Waals surface area contributed by atoms with Crippen molar-refractivity contribution in [1.29, 1.82) is 0 Å². The van der Waals surface area contributed by atoms with Gasteiger partial charge < -0.3 is 9.84 Å². The van der Waals surface area contributed by atoms with Gasteiger partial charge in [0.15, 0.2) is 0 Å². The van der Waals surface area contributed by atoms with Gasteiger partial charge in [-0.1, -0.05) is 19.9 Å². The highest BCUT2D eigenvalue weighted by Gasteiger charge is 2.02. The molecule has 0 amide bonds. The molecule has 0 atom stereocenters. The summed E-state index contributed by atoms with van der Waals surface area (Å²) in [4.78, 5) is 10.4. The lowest BCUT2D eigenvalue weighted by molar-refractivity contribution is -0.131. The number of hydrogen-bond donors (Lipinski definition) is 1. The summed E-state index contributed by atoms with van der Waals surface area (Å²) in [6, 6.07) is 4.57. The zero-order chi connectivity index (χ0) is 14.3. The van der Waals surface area contributed by atoms with Gasteiger partial charge in [0.05, 0.1) is 6.61 Å². The summed E-state index contributed by atoms with van der Waals surface area (Å²) in [5, 5.41) is 8.53. The van der Waals surface area contributed by atoms with Crippen LogP contribution in [0.4, 0.5) is 4.39 Å². The molecular weight excluding hydrogens is 247 g/mol. The Bertz CT molecular complexity index is 453. The van der Waals surface area contributed by atoms with Gasteiger partial charge in [-0.15, -0.1) is 0 Å². The average molecular weight is 266 g/mol. The molecule has 0 spiro atoms. The lowest BCUT2D eigenvalue weighted by Crippen LogP contribution is -2.00. The fourth-order valence-corrected chi connectivity index (χ4v) is 1.48. The van der Waals surface area contributed by atoms with Gasteiger partial charge in [-0.3, -0.25) is 0 Å². The molecule has 0 radical (unpaired) electrons. The van der Waals surface area contributed by atoms with Crippen molar-refractivity contribution in [2.24, 2.45) is 5.92 Å². The normalized spacial score (nSPS) is 11.4. The van der Waals surface area contributed by atoms with Gasteiger partial charge in [0, 0.05) is 18.2 Å². The zero-order valence-electron chi connectivity index (χ0n) is 11.2. The number of carbonyl (C=O) groups is 1. The van der Waals surface area contributed by atoms with Crippen LogP contribution in [0.2, 0.25) is 0 Å². The van der Waals surface area contributed by atoms with E-state index in [4.69, 9.17) is 9.84 Å². The Morgan fingerprint density at radius 1 is 1.47 bits per heavy atom. The van der Waals surface area contributed by atoms with Crippen LogP contribution in [0.3, 0.4) is 0 Å². The summed E-state index contributed by atoms with van der Waals surface area (Å²) in [6.07, 6.45) is 3.14. The van der Waals surface area contributed by atoms with Crippen LogP contribution in [-0.4, -0.2) is 17.7 Å². The minimum Gasteiger partial charge on any atom is -0.478 e. The zero-order valence-corrected chi connectivity index (χ0v) is 11.2. The van der Waals surface area contributed by atoms with E-state index >= 15 is 0 Å². The Labute approximate surface area is 112 Å². The maximum atomic E-state index is 13.4. The molecule has 0 aromatic heterocycles. The third-order valence-electron chi connectivity index (χ3n) is 2.57. The third kappa shape index (κ3) is 6.15. The predicted octanol–water partition coefficient (Wildman–Crippen LogP) is 3.49. The number of carboxylic acids is 1. The highest BCUT2D eigenvalue weighted by atomic mass is 19.1. The minimum absolute atomic E-state index is 0.257. The molecule has 1 N–H and O–H groups in total. The number of rotatable bonds is 7. The van der Waals surface area contributed by atoms with E-state index in [0.717, 1.165) is 18.1 Å². The topological polar surface area (TPSA) is 46.5 Å². The van der Waals surface area contributed by atoms with Gasteiger partial charge in [0.2, 0.25) is 0 Å². The average Bonchev–Trinajstić information content (AvgIpc) is 2.34. The van der Waals surface area contributed by atoms with Crippen LogP contribution < -0.4 is 0 Å². The lowest BCUT2D eigenvalue weighted by atomic mass is 10.1. The van der Waals surface area contributed by atoms with E-state index in [1.165, 1.54) is 12.1 Å². The summed E-state index contributed by atoms with van der Waals surface area (Å²) in [7, 11) is 0. The molecule has 0 saturated heterocycles. The van der Waals surface area contributed by atoms with Crippen molar-refractivity contribution in [2.75, 3.05) is 6.61 Å². The minimum atomic E-state index is -1.10. The lowest BCUT2D eigenvalue weighted by Gasteiger charge is -2.07. The maximum Gasteiger partial charge on any atom is 0.328 e. The van der Waals surface area contributed by atoms with Crippen molar-refractivity contribution in [2.45, 2.75) is 26.9 Å². The first kappa shape index (κ1) is 15.4. The molecule has 19 heavy (non-hydrogen) atoms. The van der Waals surface area contributed by atoms with Gasteiger partial charge in [-0.05, 0) is 36.1 Å². The fourth-order valence-electron chi connectivity index (χ4n) is 1.48. The number of hydrogen-bond acceptors (Lipinski definition) is 2. The van der Waals surface area contributed by atoms with Crippen molar-refractivity contribution in [3.8, 4) is 0 Å². The first-order valence-corrected chi connectivity index (χ1v) is 6.26. The Balaban J connectivity index is 2.60. The number of carboxylic acid groups (broad SMARTS) is 1. The van der Waals surface area contributed by atoms with Crippen LogP contribution in [0, 0.1) is 11.7 Å². The van der Waals surface area contributed by atoms with Crippen molar-refractivity contribution >= 4 is 12.0 Å². The van der Waals surface area contributed by atoms with Gasteiger partial charge in [0.1, 0.15) is 5.82 Å². The molecule has 1 aromatic rings. The van der Waals surface area contributed by atoms with Crippen LogP contribution in [-0.2, 0) is 16.1 Å². The molecule has 0 unspecified atom stereocenters. The largest absolute Gasteiger partial charge is 0.478 e. The van der Waals surface area contributed by atoms with E-state index < -0.39 is 11.8 Å². The Hall–Kier alpha value is -1.68. The van der Waals surface area contributed by atoms with Crippen LogP contribution >= 0.6 is 0 Å². The quantitative estimate of drug-likeness (QED) is 0.607. The molecule has 0 aliphatic carbocycles. The fraction of sp³-hybridized carbons (Fsp3) is 0.400. The Morgan fingerprint density at radius 3 is 2.84 bits per heavy atom. The molecule has 0 saturated carbocycles. The summed E-state index contributed by atoms with van der Waals surface area (Å²) in [5.41, 5.74) is 1.09. The second kappa shape index (κ2) is 7.69. The molecule has 3 nitrogen and oxygen atoms in total. The third-order valence-corrected chi connectivity index (χ3v) is 2.57. The monoisotopic (exact) mass is 266 g/mol. The SMILES string of the molecule is CC(C)CCOCc1ccc(F)c(C=CC(=O)O)c1. The van der Waals surface area contributed by atoms with Crippen LogP contribution in [0.25, 0.3) is 6.08 Å². The standard InChI is InChI=1S/C15H19FO3/c1-11(2)7-8-19-10-12-3-5-14(16)13(9-12)4-6-15(17)18/h3-6,9,11H,7-8,10H2,1-2H3,(H,17,18). The van der Waals surface area contributed by atoms with E-state index in [2.05, 4.69) is 13.8 Å². The molecule has 4 heteroatoms. The molecule has 0 fully saturated rings. The maximum absolute atomic E-state index is 13.4. The van der Waals surface area contributed by atoms with E-state index in [9.17, 15) is 9.18 Å². The van der Waals surface area contributed by atoms with Gasteiger partial charge in [0.25, 0.3) is 0 Å². The molecule has 1 rings (SSSR count). The van der Waals surface area contributed by atoms with Crippen molar-refractivity contribution in [3.05, 3.63) is 41.2 Å². The van der Waals surface area contributed by atoms with E-state index in [-0.39, 0.29) is 5.56 Å². The predicted molar refractivity (Wildman–Crippen MR) is 72.2 cm³/mol. The molecule has 0 aliphatic heterocycles. The van der Waals surface area contributed by atoms with Crippen molar-refractivity contribution < 1.29 is 19.0 Å². The Morgan fingerprint density at radius 2 is 2.21 bits per heavy atom. The number of aliphatic carboxylic acids is 1. The van der Waals surface area contributed by atoms with Crippen LogP contribution in [0.5, 0.6) is 0 Å². The van der Waals surface area contributed by atoms with Crippen molar-refractivity contribution in [3.63, 3.8) is 0 Å². The molecule has 1 aromatic carbocycles. The second-order valence-corrected chi connectivity index (χ2v) is 4.76. The first-order chi connectivity index (χ1) is 8.99. The van der Waals surface area contributed by atoms with Crippen molar-refractivity contribution in [1.82, 2.24) is 0 Å². The highest BCUT2D eigenvalue weighted by Crippen LogP contribution is 2.13. The molecular formula is C15H19FO3. The number of ether oxygens (including phenoxy) is 1. The summed E-state index contributed by atoms with van der Waals surface area (Å²) >= 11 is 0. The number of benzene rings is 1. The Kier molecular flexibility index (Phi) is 6.22. The summed E-state index contributed by atoms with van der Waals surface area (Å²) in [5.74, 6) is -0.955. The smallest absolute Gasteiger partial charge is 0.328 e. The second-order valence-electron chi connectivity index (χ2n) is 4.76. The van der Waals surface area contributed by atoms with Crippen LogP contribution in [0.1, 0.15) is 31.4 Å². The highest BCUT2D eigenvalue weighted by molar-refractivity contribution is 5.85.